The maximum atomic E-state index is 11.7. The summed E-state index contributed by atoms with van der Waals surface area (Å²) in [6, 6.07) is 5.41. The lowest BCUT2D eigenvalue weighted by molar-refractivity contribution is -0.384. The Kier molecular flexibility index (Phi) is 3.33. The van der Waals surface area contributed by atoms with Crippen LogP contribution < -0.4 is 5.32 Å². The summed E-state index contributed by atoms with van der Waals surface area (Å²) in [5.41, 5.74) is 0.324. The van der Waals surface area contributed by atoms with E-state index < -0.39 is 4.92 Å². The van der Waals surface area contributed by atoms with Crippen molar-refractivity contribution in [2.75, 3.05) is 0 Å². The summed E-state index contributed by atoms with van der Waals surface area (Å²) < 4.78 is 0. The number of carbonyl (C=O) groups excluding carboxylic acids is 1. The molecule has 0 bridgehead atoms. The first-order valence-electron chi connectivity index (χ1n) is 5.18. The summed E-state index contributed by atoms with van der Waals surface area (Å²) in [5.74, 6) is 0.339. The molecule has 2 aromatic rings. The fraction of sp³-hybridized carbons (Fsp3) is 0.0909. The second-order valence-electron chi connectivity index (χ2n) is 3.52. The van der Waals surface area contributed by atoms with Crippen molar-refractivity contribution >= 4 is 11.6 Å². The number of H-pyrrole nitrogens is 1. The van der Waals surface area contributed by atoms with Crippen molar-refractivity contribution in [1.82, 2.24) is 15.3 Å². The lowest BCUT2D eigenvalue weighted by Gasteiger charge is -2.02. The minimum Gasteiger partial charge on any atom is -0.347 e. The maximum absolute atomic E-state index is 11.7. The third-order valence-electron chi connectivity index (χ3n) is 2.31. The predicted molar refractivity (Wildman–Crippen MR) is 62.9 cm³/mol. The predicted octanol–water partition coefficient (Wildman–Crippen LogP) is 1.25. The number of aromatic amines is 1. The summed E-state index contributed by atoms with van der Waals surface area (Å²) in [7, 11) is 0. The molecule has 0 saturated carbocycles. The molecule has 2 rings (SSSR count). The SMILES string of the molecule is O=C(NCc1ncc[nH]1)c1ccc([N+](=O)[O-])cc1. The molecule has 0 aliphatic rings. The zero-order valence-corrected chi connectivity index (χ0v) is 9.29. The molecule has 0 aliphatic heterocycles. The Balaban J connectivity index is 1.98. The average molecular weight is 246 g/mol. The first-order chi connectivity index (χ1) is 8.66. The number of imidazole rings is 1. The van der Waals surface area contributed by atoms with Crippen LogP contribution in [-0.2, 0) is 6.54 Å². The maximum Gasteiger partial charge on any atom is 0.269 e. The van der Waals surface area contributed by atoms with Crippen molar-refractivity contribution in [2.45, 2.75) is 6.54 Å². The van der Waals surface area contributed by atoms with Gasteiger partial charge < -0.3 is 10.3 Å². The molecule has 1 amide bonds. The van der Waals surface area contributed by atoms with Crippen LogP contribution >= 0.6 is 0 Å². The number of hydrogen-bond donors (Lipinski definition) is 2. The second-order valence-corrected chi connectivity index (χ2v) is 3.52. The van der Waals surface area contributed by atoms with Crippen molar-refractivity contribution in [2.24, 2.45) is 0 Å². The number of nitrogens with zero attached hydrogens (tertiary/aromatic N) is 2. The first kappa shape index (κ1) is 11.8. The normalized spacial score (nSPS) is 10.0. The summed E-state index contributed by atoms with van der Waals surface area (Å²) in [4.78, 5) is 28.5. The van der Waals surface area contributed by atoms with Crippen molar-refractivity contribution in [3.05, 3.63) is 58.2 Å². The molecule has 0 spiro atoms. The minimum atomic E-state index is -0.509. The smallest absolute Gasteiger partial charge is 0.269 e. The Morgan fingerprint density at radius 3 is 2.67 bits per heavy atom. The zero-order chi connectivity index (χ0) is 13.0. The molecule has 92 valence electrons. The van der Waals surface area contributed by atoms with Crippen LogP contribution in [0.4, 0.5) is 5.69 Å². The van der Waals surface area contributed by atoms with E-state index in [1.54, 1.807) is 12.4 Å². The summed E-state index contributed by atoms with van der Waals surface area (Å²) in [5, 5.41) is 13.1. The van der Waals surface area contributed by atoms with Gasteiger partial charge in [0.05, 0.1) is 11.5 Å². The summed E-state index contributed by atoms with van der Waals surface area (Å²) >= 11 is 0. The number of nitrogens with one attached hydrogen (secondary N) is 2. The van der Waals surface area contributed by atoms with Gasteiger partial charge in [0.15, 0.2) is 0 Å². The van der Waals surface area contributed by atoms with E-state index in [1.165, 1.54) is 24.3 Å². The van der Waals surface area contributed by atoms with Crippen LogP contribution in [-0.4, -0.2) is 20.8 Å². The van der Waals surface area contributed by atoms with Gasteiger partial charge in [0.1, 0.15) is 5.82 Å². The molecule has 1 aromatic carbocycles. The lowest BCUT2D eigenvalue weighted by atomic mass is 10.2. The van der Waals surface area contributed by atoms with Crippen molar-refractivity contribution in [3.8, 4) is 0 Å². The quantitative estimate of drug-likeness (QED) is 0.626. The van der Waals surface area contributed by atoms with Gasteiger partial charge in [-0.25, -0.2) is 4.98 Å². The van der Waals surface area contributed by atoms with E-state index in [9.17, 15) is 14.9 Å². The number of aromatic nitrogens is 2. The zero-order valence-electron chi connectivity index (χ0n) is 9.29. The summed E-state index contributed by atoms with van der Waals surface area (Å²) in [6.45, 7) is 0.281. The van der Waals surface area contributed by atoms with Crippen LogP contribution in [0.15, 0.2) is 36.7 Å². The van der Waals surface area contributed by atoms with E-state index in [0.717, 1.165) is 0 Å². The molecule has 7 nitrogen and oxygen atoms in total. The molecule has 18 heavy (non-hydrogen) atoms. The number of rotatable bonds is 4. The molecule has 1 aromatic heterocycles. The largest absolute Gasteiger partial charge is 0.347 e. The number of carbonyl (C=O) groups is 1. The van der Waals surface area contributed by atoms with Crippen LogP contribution in [0.3, 0.4) is 0 Å². The molecule has 0 saturated heterocycles. The van der Waals surface area contributed by atoms with Gasteiger partial charge in [-0.15, -0.1) is 0 Å². The van der Waals surface area contributed by atoms with Crippen LogP contribution in [0.1, 0.15) is 16.2 Å². The van der Waals surface area contributed by atoms with Crippen LogP contribution in [0, 0.1) is 10.1 Å². The molecule has 0 aliphatic carbocycles. The highest BCUT2D eigenvalue weighted by atomic mass is 16.6. The number of hydrogen-bond acceptors (Lipinski definition) is 4. The van der Waals surface area contributed by atoms with Crippen molar-refractivity contribution in [3.63, 3.8) is 0 Å². The van der Waals surface area contributed by atoms with Gasteiger partial charge in [0.25, 0.3) is 11.6 Å². The number of nitro benzene ring substituents is 1. The number of benzene rings is 1. The Morgan fingerprint density at radius 2 is 2.11 bits per heavy atom. The molecular formula is C11H10N4O3. The lowest BCUT2D eigenvalue weighted by Crippen LogP contribution is -2.23. The average Bonchev–Trinajstić information content (AvgIpc) is 2.89. The minimum absolute atomic E-state index is 0.0439. The van der Waals surface area contributed by atoms with Crippen molar-refractivity contribution in [1.29, 1.82) is 0 Å². The molecule has 0 unspecified atom stereocenters. The molecule has 7 heteroatoms. The molecule has 0 fully saturated rings. The van der Waals surface area contributed by atoms with E-state index in [-0.39, 0.29) is 18.1 Å². The third-order valence-corrected chi connectivity index (χ3v) is 2.31. The molecule has 0 atom stereocenters. The first-order valence-corrected chi connectivity index (χ1v) is 5.18. The molecular weight excluding hydrogens is 236 g/mol. The van der Waals surface area contributed by atoms with E-state index >= 15 is 0 Å². The van der Waals surface area contributed by atoms with Crippen LogP contribution in [0.25, 0.3) is 0 Å². The van der Waals surface area contributed by atoms with E-state index in [1.807, 2.05) is 0 Å². The Bertz CT molecular complexity index is 548. The fourth-order valence-corrected chi connectivity index (χ4v) is 1.40. The second kappa shape index (κ2) is 5.09. The standard InChI is InChI=1S/C11H10N4O3/c16-11(14-7-10-12-5-6-13-10)8-1-3-9(4-2-8)15(17)18/h1-6H,7H2,(H,12,13)(H,14,16). The highest BCUT2D eigenvalue weighted by Gasteiger charge is 2.09. The van der Waals surface area contributed by atoms with E-state index in [4.69, 9.17) is 0 Å². The fourth-order valence-electron chi connectivity index (χ4n) is 1.40. The Labute approximate surface area is 102 Å². The topological polar surface area (TPSA) is 101 Å². The molecule has 2 N–H and O–H groups in total. The highest BCUT2D eigenvalue weighted by molar-refractivity contribution is 5.94. The van der Waals surface area contributed by atoms with Crippen molar-refractivity contribution < 1.29 is 9.72 Å². The number of amides is 1. The molecule has 0 radical (unpaired) electrons. The monoisotopic (exact) mass is 246 g/mol. The van der Waals surface area contributed by atoms with E-state index in [2.05, 4.69) is 15.3 Å². The van der Waals surface area contributed by atoms with Gasteiger partial charge >= 0.3 is 0 Å². The highest BCUT2D eigenvalue weighted by Crippen LogP contribution is 2.11. The van der Waals surface area contributed by atoms with E-state index in [0.29, 0.717) is 11.4 Å². The Hall–Kier alpha value is -2.70. The number of nitro groups is 1. The van der Waals surface area contributed by atoms with Gasteiger partial charge in [-0.1, -0.05) is 0 Å². The third kappa shape index (κ3) is 2.70. The van der Waals surface area contributed by atoms with Gasteiger partial charge in [0, 0.05) is 30.1 Å². The van der Waals surface area contributed by atoms with Crippen LogP contribution in [0.2, 0.25) is 0 Å². The Morgan fingerprint density at radius 1 is 1.39 bits per heavy atom. The van der Waals surface area contributed by atoms with Gasteiger partial charge in [0.2, 0.25) is 0 Å². The van der Waals surface area contributed by atoms with Crippen LogP contribution in [0.5, 0.6) is 0 Å². The number of non-ortho nitro benzene ring substituents is 1. The van der Waals surface area contributed by atoms with Gasteiger partial charge in [-0.3, -0.25) is 14.9 Å². The van der Waals surface area contributed by atoms with Gasteiger partial charge in [-0.2, -0.15) is 0 Å². The molecule has 1 heterocycles. The van der Waals surface area contributed by atoms with Gasteiger partial charge in [-0.05, 0) is 12.1 Å². The summed E-state index contributed by atoms with van der Waals surface area (Å²) in [6.07, 6.45) is 3.25.